The Morgan fingerprint density at radius 1 is 1.47 bits per heavy atom. The molecule has 1 atom stereocenters. The van der Waals surface area contributed by atoms with Crippen molar-refractivity contribution < 1.29 is 9.18 Å². The maximum absolute atomic E-state index is 13.2. The molecule has 1 aromatic rings. The number of halogens is 2. The van der Waals surface area contributed by atoms with E-state index in [1.807, 2.05) is 0 Å². The lowest BCUT2D eigenvalue weighted by Crippen LogP contribution is -2.35. The van der Waals surface area contributed by atoms with Gasteiger partial charge in [0.15, 0.2) is 5.82 Å². The first-order valence-corrected chi connectivity index (χ1v) is 6.97. The molecule has 1 fully saturated rings. The van der Waals surface area contributed by atoms with Gasteiger partial charge in [-0.1, -0.05) is 0 Å². The van der Waals surface area contributed by atoms with E-state index in [2.05, 4.69) is 25.9 Å². The van der Waals surface area contributed by atoms with Gasteiger partial charge in [-0.05, 0) is 41.3 Å². The quantitative estimate of drug-likeness (QED) is 0.794. The van der Waals surface area contributed by atoms with Crippen molar-refractivity contribution in [1.29, 1.82) is 0 Å². The number of pyridine rings is 1. The van der Waals surface area contributed by atoms with E-state index in [4.69, 9.17) is 0 Å². The Balaban J connectivity index is 1.95. The van der Waals surface area contributed by atoms with Crippen molar-refractivity contribution in [3.8, 4) is 0 Å². The summed E-state index contributed by atoms with van der Waals surface area (Å²) >= 11 is 3.14. The fourth-order valence-corrected chi connectivity index (χ4v) is 3.02. The molecule has 2 aliphatic heterocycles. The average molecular weight is 326 g/mol. The summed E-state index contributed by atoms with van der Waals surface area (Å²) in [6.45, 7) is 0.746. The van der Waals surface area contributed by atoms with Crippen LogP contribution < -0.4 is 0 Å². The van der Waals surface area contributed by atoms with Crippen molar-refractivity contribution in [3.63, 3.8) is 0 Å². The van der Waals surface area contributed by atoms with Gasteiger partial charge in [-0.15, -0.1) is 0 Å². The highest BCUT2D eigenvalue weighted by Gasteiger charge is 2.48. The van der Waals surface area contributed by atoms with E-state index in [-0.39, 0.29) is 5.91 Å². The molecular formula is C13H13BrFN3O. The number of likely N-dealkylation sites (N-methyl/N-ethyl adjacent to an activating group) is 1. The van der Waals surface area contributed by atoms with Gasteiger partial charge >= 0.3 is 0 Å². The fourth-order valence-electron chi connectivity index (χ4n) is 2.70. The molecule has 1 spiro atoms. The predicted molar refractivity (Wildman–Crippen MR) is 72.7 cm³/mol. The molecule has 0 aliphatic carbocycles. The van der Waals surface area contributed by atoms with Crippen LogP contribution in [0.3, 0.4) is 0 Å². The smallest absolute Gasteiger partial charge is 0.250 e. The van der Waals surface area contributed by atoms with E-state index in [1.165, 1.54) is 6.20 Å². The number of hydrogen-bond acceptors (Lipinski definition) is 3. The number of amides is 1. The highest BCUT2D eigenvalue weighted by atomic mass is 79.9. The van der Waals surface area contributed by atoms with Gasteiger partial charge in [-0.25, -0.2) is 4.39 Å². The Hall–Kier alpha value is -1.30. The minimum absolute atomic E-state index is 0.0867. The molecule has 0 aromatic carbocycles. The van der Waals surface area contributed by atoms with Gasteiger partial charge in [-0.2, -0.15) is 0 Å². The molecule has 1 amide bonds. The minimum Gasteiger partial charge on any atom is -0.344 e. The minimum atomic E-state index is -0.591. The first-order chi connectivity index (χ1) is 9.02. The van der Waals surface area contributed by atoms with Gasteiger partial charge in [0.25, 0.3) is 0 Å². The van der Waals surface area contributed by atoms with Crippen LogP contribution in [0.2, 0.25) is 0 Å². The summed E-state index contributed by atoms with van der Waals surface area (Å²) in [5.41, 5.74) is 0.851. The van der Waals surface area contributed by atoms with Gasteiger partial charge < -0.3 is 4.90 Å². The molecule has 0 N–H and O–H groups in total. The van der Waals surface area contributed by atoms with Gasteiger partial charge in [0, 0.05) is 13.6 Å². The molecule has 0 bridgehead atoms. The second kappa shape index (κ2) is 4.37. The van der Waals surface area contributed by atoms with Crippen LogP contribution >= 0.6 is 15.9 Å². The third-order valence-corrected chi connectivity index (χ3v) is 4.44. The molecule has 4 nitrogen and oxygen atoms in total. The first kappa shape index (κ1) is 12.7. The van der Waals surface area contributed by atoms with E-state index in [0.29, 0.717) is 16.6 Å². The number of likely N-dealkylation sites (tertiary alicyclic amines) is 1. The summed E-state index contributed by atoms with van der Waals surface area (Å²) in [6.07, 6.45) is 3.37. The molecule has 0 radical (unpaired) electrons. The van der Waals surface area contributed by atoms with Crippen LogP contribution in [0.15, 0.2) is 21.7 Å². The molecule has 19 heavy (non-hydrogen) atoms. The summed E-state index contributed by atoms with van der Waals surface area (Å²) in [7, 11) is 1.80. The zero-order valence-electron chi connectivity index (χ0n) is 10.5. The maximum atomic E-state index is 13.2. The number of hydrogen-bond donors (Lipinski definition) is 0. The van der Waals surface area contributed by atoms with Crippen molar-refractivity contribution in [2.45, 2.75) is 24.8 Å². The molecule has 3 rings (SSSR count). The second-order valence-electron chi connectivity index (χ2n) is 5.05. The van der Waals surface area contributed by atoms with Gasteiger partial charge in [0.1, 0.15) is 5.54 Å². The van der Waals surface area contributed by atoms with E-state index < -0.39 is 11.4 Å². The van der Waals surface area contributed by atoms with Gasteiger partial charge in [-0.3, -0.25) is 14.8 Å². The largest absolute Gasteiger partial charge is 0.344 e. The SMILES string of the molecule is CN1CC[C@]2(CCC(c3cc(Br)c(F)cn3)=N2)C1=O. The molecule has 2 aliphatic rings. The van der Waals surface area contributed by atoms with Gasteiger partial charge in [0.05, 0.1) is 22.1 Å². The Bertz CT molecular complexity index is 589. The Labute approximate surface area is 118 Å². The normalized spacial score (nSPS) is 26.4. The second-order valence-corrected chi connectivity index (χ2v) is 5.90. The Morgan fingerprint density at radius 3 is 2.89 bits per heavy atom. The number of aromatic nitrogens is 1. The number of carbonyl (C=O) groups is 1. The lowest BCUT2D eigenvalue weighted by Gasteiger charge is -2.16. The molecule has 100 valence electrons. The van der Waals surface area contributed by atoms with E-state index >= 15 is 0 Å². The molecule has 1 saturated heterocycles. The Kier molecular flexibility index (Phi) is 2.92. The summed E-state index contributed by atoms with van der Waals surface area (Å²) < 4.78 is 13.6. The Morgan fingerprint density at radius 2 is 2.26 bits per heavy atom. The summed E-state index contributed by atoms with van der Waals surface area (Å²) in [5.74, 6) is -0.308. The maximum Gasteiger partial charge on any atom is 0.250 e. The molecular weight excluding hydrogens is 313 g/mol. The topological polar surface area (TPSA) is 45.6 Å². The molecule has 6 heteroatoms. The van der Waals surface area contributed by atoms with E-state index in [9.17, 15) is 9.18 Å². The van der Waals surface area contributed by atoms with Crippen LogP contribution in [-0.2, 0) is 4.79 Å². The predicted octanol–water partition coefficient (Wildman–Crippen LogP) is 2.17. The first-order valence-electron chi connectivity index (χ1n) is 6.17. The van der Waals surface area contributed by atoms with Crippen molar-refractivity contribution in [2.75, 3.05) is 13.6 Å². The van der Waals surface area contributed by atoms with Crippen LogP contribution in [0.1, 0.15) is 25.0 Å². The zero-order valence-corrected chi connectivity index (χ0v) is 12.1. The van der Waals surface area contributed by atoms with Crippen molar-refractivity contribution >= 4 is 27.5 Å². The van der Waals surface area contributed by atoms with Crippen LogP contribution in [-0.4, -0.2) is 40.6 Å². The van der Waals surface area contributed by atoms with E-state index in [0.717, 1.165) is 25.1 Å². The average Bonchev–Trinajstić information content (AvgIpc) is 2.94. The monoisotopic (exact) mass is 325 g/mol. The van der Waals surface area contributed by atoms with Gasteiger partial charge in [0.2, 0.25) is 5.91 Å². The van der Waals surface area contributed by atoms with Crippen LogP contribution in [0, 0.1) is 5.82 Å². The van der Waals surface area contributed by atoms with Crippen LogP contribution in [0.5, 0.6) is 0 Å². The van der Waals surface area contributed by atoms with E-state index in [1.54, 1.807) is 18.0 Å². The third-order valence-electron chi connectivity index (χ3n) is 3.83. The van der Waals surface area contributed by atoms with Crippen LogP contribution in [0.4, 0.5) is 4.39 Å². The lowest BCUT2D eigenvalue weighted by molar-refractivity contribution is -0.130. The number of nitrogens with zero attached hydrogens (tertiary/aromatic N) is 3. The summed E-state index contributed by atoms with van der Waals surface area (Å²) in [4.78, 5) is 22.5. The van der Waals surface area contributed by atoms with Crippen molar-refractivity contribution in [3.05, 3.63) is 28.2 Å². The number of carbonyl (C=O) groups excluding carboxylic acids is 1. The van der Waals surface area contributed by atoms with Crippen LogP contribution in [0.25, 0.3) is 0 Å². The molecule has 3 heterocycles. The number of rotatable bonds is 1. The highest BCUT2D eigenvalue weighted by molar-refractivity contribution is 9.10. The number of aliphatic imine (C=N–C) groups is 1. The summed E-state index contributed by atoms with van der Waals surface area (Å²) in [5, 5.41) is 0. The standard InChI is InChI=1S/C13H13BrFN3O/c1-18-5-4-13(12(18)19)3-2-10(17-13)11-6-8(14)9(15)7-16-11/h6-7H,2-5H2,1H3/t13-/m1/s1. The van der Waals surface area contributed by atoms with Crippen molar-refractivity contribution in [1.82, 2.24) is 9.88 Å². The highest BCUT2D eigenvalue weighted by Crippen LogP contribution is 2.37. The van der Waals surface area contributed by atoms with Crippen molar-refractivity contribution in [2.24, 2.45) is 4.99 Å². The third kappa shape index (κ3) is 1.98. The molecule has 0 unspecified atom stereocenters. The zero-order chi connectivity index (χ0) is 13.6. The molecule has 0 saturated carbocycles. The summed E-state index contributed by atoms with van der Waals surface area (Å²) in [6, 6.07) is 1.62. The molecule has 1 aromatic heterocycles. The lowest BCUT2D eigenvalue weighted by atomic mass is 9.95. The fraction of sp³-hybridized carbons (Fsp3) is 0.462.